The Morgan fingerprint density at radius 3 is 2.76 bits per heavy atom. The highest BCUT2D eigenvalue weighted by molar-refractivity contribution is 8.00. The first-order chi connectivity index (χ1) is 11.8. The maximum atomic E-state index is 12.3. The fourth-order valence-corrected chi connectivity index (χ4v) is 2.99. The maximum Gasteiger partial charge on any atom is 0.573 e. The van der Waals surface area contributed by atoms with Crippen molar-refractivity contribution < 1.29 is 27.5 Å². The standard InChI is InChI=1S/C16H11F3N2O3S/c17-16(18,19)24-11-3-1-2-10(7-11)20-15(23)9-4-5-13-12(6-9)21-14(22)8-25-13/h1-7H,8H2,(H,20,23)(H,21,22). The van der Waals surface area contributed by atoms with Gasteiger partial charge in [0.1, 0.15) is 5.75 Å². The number of halogens is 3. The van der Waals surface area contributed by atoms with Crippen LogP contribution >= 0.6 is 11.8 Å². The van der Waals surface area contributed by atoms with E-state index in [-0.39, 0.29) is 17.2 Å². The zero-order valence-corrected chi connectivity index (χ0v) is 13.3. The van der Waals surface area contributed by atoms with Crippen molar-refractivity contribution in [1.82, 2.24) is 0 Å². The number of carbonyl (C=O) groups is 2. The summed E-state index contributed by atoms with van der Waals surface area (Å²) in [7, 11) is 0. The second-order valence-corrected chi connectivity index (χ2v) is 6.09. The first kappa shape index (κ1) is 17.2. The lowest BCUT2D eigenvalue weighted by Gasteiger charge is -2.17. The lowest BCUT2D eigenvalue weighted by Crippen LogP contribution is -2.20. The second kappa shape index (κ2) is 6.67. The lowest BCUT2D eigenvalue weighted by atomic mass is 10.1. The largest absolute Gasteiger partial charge is 0.573 e. The van der Waals surface area contributed by atoms with Gasteiger partial charge in [-0.05, 0) is 30.3 Å². The Morgan fingerprint density at radius 1 is 1.20 bits per heavy atom. The Kier molecular flexibility index (Phi) is 4.58. The van der Waals surface area contributed by atoms with Crippen LogP contribution in [0.1, 0.15) is 10.4 Å². The van der Waals surface area contributed by atoms with Gasteiger partial charge < -0.3 is 15.4 Å². The number of hydrogen-bond donors (Lipinski definition) is 2. The van der Waals surface area contributed by atoms with Crippen LogP contribution in [0.25, 0.3) is 0 Å². The molecule has 25 heavy (non-hydrogen) atoms. The van der Waals surface area contributed by atoms with Crippen molar-refractivity contribution >= 4 is 35.0 Å². The predicted molar refractivity (Wildman–Crippen MR) is 86.9 cm³/mol. The average molecular weight is 368 g/mol. The number of nitrogens with one attached hydrogen (secondary N) is 2. The van der Waals surface area contributed by atoms with E-state index >= 15 is 0 Å². The molecule has 0 spiro atoms. The van der Waals surface area contributed by atoms with E-state index in [1.165, 1.54) is 30.0 Å². The molecular formula is C16H11F3N2O3S. The molecule has 130 valence electrons. The van der Waals surface area contributed by atoms with Gasteiger partial charge in [0.05, 0.1) is 11.4 Å². The van der Waals surface area contributed by atoms with Crippen LogP contribution in [0.3, 0.4) is 0 Å². The van der Waals surface area contributed by atoms with E-state index in [4.69, 9.17) is 0 Å². The summed E-state index contributed by atoms with van der Waals surface area (Å²) in [5.41, 5.74) is 0.953. The van der Waals surface area contributed by atoms with Crippen LogP contribution in [0.4, 0.5) is 24.5 Å². The van der Waals surface area contributed by atoms with Crippen molar-refractivity contribution in [2.45, 2.75) is 11.3 Å². The van der Waals surface area contributed by atoms with E-state index in [0.29, 0.717) is 11.4 Å². The van der Waals surface area contributed by atoms with Gasteiger partial charge in [0.15, 0.2) is 0 Å². The summed E-state index contributed by atoms with van der Waals surface area (Å²) in [4.78, 5) is 24.5. The topological polar surface area (TPSA) is 67.4 Å². The number of benzene rings is 2. The van der Waals surface area contributed by atoms with E-state index in [1.54, 1.807) is 12.1 Å². The Hall–Kier alpha value is -2.68. The molecule has 9 heteroatoms. The summed E-state index contributed by atoms with van der Waals surface area (Å²) in [5.74, 6) is -0.798. The summed E-state index contributed by atoms with van der Waals surface area (Å²) in [6, 6.07) is 9.78. The monoisotopic (exact) mass is 368 g/mol. The molecule has 2 N–H and O–H groups in total. The molecule has 5 nitrogen and oxygen atoms in total. The number of alkyl halides is 3. The number of ether oxygens (including phenoxy) is 1. The molecule has 0 aromatic heterocycles. The van der Waals surface area contributed by atoms with Gasteiger partial charge in [-0.25, -0.2) is 0 Å². The van der Waals surface area contributed by atoms with Crippen LogP contribution in [0.2, 0.25) is 0 Å². The molecule has 0 bridgehead atoms. The number of thioether (sulfide) groups is 1. The lowest BCUT2D eigenvalue weighted by molar-refractivity contribution is -0.274. The normalized spacial score (nSPS) is 13.6. The van der Waals surface area contributed by atoms with Crippen molar-refractivity contribution in [1.29, 1.82) is 0 Å². The Bertz CT molecular complexity index is 840. The number of hydrogen-bond acceptors (Lipinski definition) is 4. The van der Waals surface area contributed by atoms with Crippen molar-refractivity contribution in [3.63, 3.8) is 0 Å². The minimum atomic E-state index is -4.81. The molecule has 0 fully saturated rings. The Morgan fingerprint density at radius 2 is 2.00 bits per heavy atom. The predicted octanol–water partition coefficient (Wildman–Crippen LogP) is 3.88. The highest BCUT2D eigenvalue weighted by atomic mass is 32.2. The van der Waals surface area contributed by atoms with E-state index in [1.807, 2.05) is 0 Å². The third kappa shape index (κ3) is 4.44. The average Bonchev–Trinajstić information content (AvgIpc) is 2.52. The highest BCUT2D eigenvalue weighted by Crippen LogP contribution is 2.32. The minimum Gasteiger partial charge on any atom is -0.406 e. The van der Waals surface area contributed by atoms with Gasteiger partial charge in [0, 0.05) is 22.2 Å². The molecule has 2 aromatic carbocycles. The summed E-state index contributed by atoms with van der Waals surface area (Å²) < 4.78 is 40.6. The summed E-state index contributed by atoms with van der Waals surface area (Å²) in [5, 5.41) is 5.17. The van der Waals surface area contributed by atoms with Gasteiger partial charge in [-0.2, -0.15) is 0 Å². The molecule has 1 aliphatic heterocycles. The Balaban J connectivity index is 1.75. The SMILES string of the molecule is O=C1CSc2ccc(C(=O)Nc3cccc(OC(F)(F)F)c3)cc2N1. The number of rotatable bonds is 3. The van der Waals surface area contributed by atoms with Crippen molar-refractivity contribution in [2.24, 2.45) is 0 Å². The van der Waals surface area contributed by atoms with Gasteiger partial charge in [-0.1, -0.05) is 6.07 Å². The van der Waals surface area contributed by atoms with Gasteiger partial charge in [0.25, 0.3) is 5.91 Å². The fourth-order valence-electron chi connectivity index (χ4n) is 2.20. The third-order valence-corrected chi connectivity index (χ3v) is 4.27. The van der Waals surface area contributed by atoms with Gasteiger partial charge in [-0.3, -0.25) is 9.59 Å². The summed E-state index contributed by atoms with van der Waals surface area (Å²) in [6.45, 7) is 0. The molecule has 0 radical (unpaired) electrons. The molecule has 0 unspecified atom stereocenters. The van der Waals surface area contributed by atoms with Crippen LogP contribution in [0.5, 0.6) is 5.75 Å². The molecule has 0 saturated carbocycles. The smallest absolute Gasteiger partial charge is 0.406 e. The quantitative estimate of drug-likeness (QED) is 0.863. The highest BCUT2D eigenvalue weighted by Gasteiger charge is 2.31. The van der Waals surface area contributed by atoms with Gasteiger partial charge >= 0.3 is 6.36 Å². The maximum absolute atomic E-state index is 12.3. The molecule has 3 rings (SSSR count). The van der Waals surface area contributed by atoms with E-state index in [0.717, 1.165) is 17.0 Å². The van der Waals surface area contributed by atoms with Crippen molar-refractivity contribution in [2.75, 3.05) is 16.4 Å². The molecule has 0 aliphatic carbocycles. The molecule has 1 aliphatic rings. The fraction of sp³-hybridized carbons (Fsp3) is 0.125. The number of anilines is 2. The first-order valence-corrected chi connectivity index (χ1v) is 8.02. The van der Waals surface area contributed by atoms with Gasteiger partial charge in [-0.15, -0.1) is 24.9 Å². The van der Waals surface area contributed by atoms with Crippen LogP contribution in [-0.4, -0.2) is 23.9 Å². The third-order valence-electron chi connectivity index (χ3n) is 3.20. The van der Waals surface area contributed by atoms with Gasteiger partial charge in [0.2, 0.25) is 5.91 Å². The van der Waals surface area contributed by atoms with Crippen LogP contribution in [0, 0.1) is 0 Å². The molecule has 1 heterocycles. The van der Waals surface area contributed by atoms with E-state index in [9.17, 15) is 22.8 Å². The zero-order chi connectivity index (χ0) is 18.0. The summed E-state index contributed by atoms with van der Waals surface area (Å²) >= 11 is 1.36. The van der Waals surface area contributed by atoms with E-state index in [2.05, 4.69) is 15.4 Å². The van der Waals surface area contributed by atoms with Crippen molar-refractivity contribution in [3.8, 4) is 5.75 Å². The van der Waals surface area contributed by atoms with Crippen LogP contribution in [-0.2, 0) is 4.79 Å². The van der Waals surface area contributed by atoms with E-state index < -0.39 is 18.0 Å². The van der Waals surface area contributed by atoms with Crippen molar-refractivity contribution in [3.05, 3.63) is 48.0 Å². The number of carbonyl (C=O) groups excluding carboxylic acids is 2. The molecule has 0 saturated heterocycles. The number of amides is 2. The molecular weight excluding hydrogens is 357 g/mol. The minimum absolute atomic E-state index is 0.155. The van der Waals surface area contributed by atoms with Crippen LogP contribution < -0.4 is 15.4 Å². The molecule has 2 amide bonds. The second-order valence-electron chi connectivity index (χ2n) is 5.08. The summed E-state index contributed by atoms with van der Waals surface area (Å²) in [6.07, 6.45) is -4.81. The number of fused-ring (bicyclic) bond motifs is 1. The Labute approximate surface area is 144 Å². The molecule has 2 aromatic rings. The molecule has 0 atom stereocenters. The van der Waals surface area contributed by atoms with Crippen LogP contribution in [0.15, 0.2) is 47.4 Å². The zero-order valence-electron chi connectivity index (χ0n) is 12.5. The first-order valence-electron chi connectivity index (χ1n) is 7.04.